The van der Waals surface area contributed by atoms with Crippen LogP contribution in [0.25, 0.3) is 0 Å². The van der Waals surface area contributed by atoms with E-state index >= 15 is 0 Å². The summed E-state index contributed by atoms with van der Waals surface area (Å²) in [5.74, 6) is 0.377. The number of rotatable bonds is 3. The van der Waals surface area contributed by atoms with Crippen molar-refractivity contribution in [2.24, 2.45) is 0 Å². The number of ether oxygens (including phenoxy) is 2. The minimum atomic E-state index is -0.456. The summed E-state index contributed by atoms with van der Waals surface area (Å²) in [6.07, 6.45) is 3.63. The lowest BCUT2D eigenvalue weighted by Crippen LogP contribution is -2.50. The van der Waals surface area contributed by atoms with Gasteiger partial charge in [-0.05, 0) is 66.6 Å². The van der Waals surface area contributed by atoms with Gasteiger partial charge >= 0.3 is 11.8 Å². The number of likely N-dealkylation sites (tertiary alicyclic amines) is 1. The monoisotopic (exact) mass is 442 g/mol. The fourth-order valence-corrected chi connectivity index (χ4v) is 4.65. The summed E-state index contributed by atoms with van der Waals surface area (Å²) in [4.78, 5) is 29.8. The smallest absolute Gasteiger partial charge is 0.312 e. The van der Waals surface area contributed by atoms with Crippen LogP contribution < -0.4 is 9.47 Å². The number of methoxy groups -OCH3 is 2. The number of hydrogen-bond donors (Lipinski definition) is 0. The van der Waals surface area contributed by atoms with Gasteiger partial charge < -0.3 is 19.3 Å². The second-order valence-electron chi connectivity index (χ2n) is 7.96. The molecule has 6 nitrogen and oxygen atoms in total. The highest BCUT2D eigenvalue weighted by Crippen LogP contribution is 2.41. The van der Waals surface area contributed by atoms with Crippen LogP contribution in [0.15, 0.2) is 36.4 Å². The molecule has 0 aliphatic carbocycles. The molecule has 2 aliphatic rings. The maximum absolute atomic E-state index is 13.4. The number of benzene rings is 2. The van der Waals surface area contributed by atoms with Crippen molar-refractivity contribution in [2.75, 3.05) is 33.9 Å². The second-order valence-corrected chi connectivity index (χ2v) is 8.40. The fraction of sp³-hybridized carbons (Fsp3) is 0.417. The largest absolute Gasteiger partial charge is 0.493 e. The average molecular weight is 443 g/mol. The van der Waals surface area contributed by atoms with Crippen molar-refractivity contribution in [2.45, 2.75) is 31.7 Å². The molecule has 2 amide bonds. The van der Waals surface area contributed by atoms with Gasteiger partial charge in [-0.25, -0.2) is 0 Å². The Labute approximate surface area is 187 Å². The van der Waals surface area contributed by atoms with Crippen LogP contribution in [0.3, 0.4) is 0 Å². The van der Waals surface area contributed by atoms with Crippen molar-refractivity contribution in [3.8, 4) is 11.5 Å². The van der Waals surface area contributed by atoms with Gasteiger partial charge in [0, 0.05) is 24.7 Å². The first-order chi connectivity index (χ1) is 15.0. The van der Waals surface area contributed by atoms with Gasteiger partial charge in [-0.1, -0.05) is 23.7 Å². The quantitative estimate of drug-likeness (QED) is 0.677. The Bertz CT molecular complexity index is 970. The molecule has 164 valence electrons. The summed E-state index contributed by atoms with van der Waals surface area (Å²) in [5, 5.41) is 0.620. The molecule has 2 aromatic rings. The normalized spacial score (nSPS) is 18.4. The number of fused-ring (bicyclic) bond motifs is 1. The molecule has 2 aromatic carbocycles. The van der Waals surface area contributed by atoms with Crippen molar-refractivity contribution in [1.29, 1.82) is 0 Å². The average Bonchev–Trinajstić information content (AvgIpc) is 2.82. The van der Waals surface area contributed by atoms with E-state index < -0.39 is 17.9 Å². The highest BCUT2D eigenvalue weighted by molar-refractivity contribution is 6.35. The van der Waals surface area contributed by atoms with Crippen molar-refractivity contribution in [3.63, 3.8) is 0 Å². The molecule has 1 saturated heterocycles. The molecule has 31 heavy (non-hydrogen) atoms. The first-order valence-corrected chi connectivity index (χ1v) is 11.0. The van der Waals surface area contributed by atoms with Crippen LogP contribution in [0.1, 0.15) is 42.0 Å². The Morgan fingerprint density at radius 1 is 0.903 bits per heavy atom. The lowest BCUT2D eigenvalue weighted by Gasteiger charge is -2.39. The van der Waals surface area contributed by atoms with Crippen molar-refractivity contribution in [1.82, 2.24) is 9.80 Å². The third kappa shape index (κ3) is 4.22. The zero-order valence-corrected chi connectivity index (χ0v) is 18.7. The van der Waals surface area contributed by atoms with E-state index in [0.717, 1.165) is 36.0 Å². The molecule has 7 heteroatoms. The first-order valence-electron chi connectivity index (χ1n) is 10.6. The number of nitrogens with zero attached hydrogens (tertiary/aromatic N) is 2. The summed E-state index contributed by atoms with van der Waals surface area (Å²) in [6.45, 7) is 1.74. The minimum Gasteiger partial charge on any atom is -0.493 e. The third-order valence-electron chi connectivity index (χ3n) is 6.15. The molecule has 1 atom stereocenters. The summed E-state index contributed by atoms with van der Waals surface area (Å²) >= 11 is 6.11. The Kier molecular flexibility index (Phi) is 6.37. The van der Waals surface area contributed by atoms with Crippen LogP contribution in [0, 0.1) is 0 Å². The predicted octanol–water partition coefficient (Wildman–Crippen LogP) is 3.84. The maximum Gasteiger partial charge on any atom is 0.312 e. The van der Waals surface area contributed by atoms with Gasteiger partial charge in [-0.15, -0.1) is 0 Å². The Balaban J connectivity index is 1.75. The Morgan fingerprint density at radius 2 is 1.55 bits per heavy atom. The molecule has 0 radical (unpaired) electrons. The fourth-order valence-electron chi connectivity index (χ4n) is 4.52. The summed E-state index contributed by atoms with van der Waals surface area (Å²) in [5.41, 5.74) is 2.91. The van der Waals surface area contributed by atoms with E-state index in [0.29, 0.717) is 42.6 Å². The number of piperidine rings is 1. The summed E-state index contributed by atoms with van der Waals surface area (Å²) < 4.78 is 11.0. The summed E-state index contributed by atoms with van der Waals surface area (Å²) in [6, 6.07) is 10.9. The molecule has 0 aromatic heterocycles. The molecule has 1 fully saturated rings. The van der Waals surface area contributed by atoms with Gasteiger partial charge in [-0.2, -0.15) is 0 Å². The lowest BCUT2D eigenvalue weighted by molar-refractivity contribution is -0.153. The van der Waals surface area contributed by atoms with Crippen LogP contribution in [-0.2, 0) is 16.0 Å². The number of halogens is 1. The minimum absolute atomic E-state index is 0.401. The van der Waals surface area contributed by atoms with Crippen molar-refractivity contribution in [3.05, 3.63) is 58.1 Å². The first kappa shape index (κ1) is 21.5. The molecular weight excluding hydrogens is 416 g/mol. The molecule has 0 bridgehead atoms. The zero-order valence-electron chi connectivity index (χ0n) is 17.9. The molecule has 0 saturated carbocycles. The number of amides is 2. The van der Waals surface area contributed by atoms with Gasteiger partial charge in [0.15, 0.2) is 11.5 Å². The van der Waals surface area contributed by atoms with E-state index in [1.165, 1.54) is 0 Å². The Morgan fingerprint density at radius 3 is 2.19 bits per heavy atom. The Hall–Kier alpha value is -2.73. The highest BCUT2D eigenvalue weighted by Gasteiger charge is 2.37. The molecule has 0 N–H and O–H groups in total. The molecule has 2 aliphatic heterocycles. The standard InChI is InChI=1S/C24H27ClN2O4/c1-30-20-14-17-10-13-27(24(29)23(28)26-11-4-3-5-12-26)22(19(17)15-21(20)31-2)16-6-8-18(25)9-7-16/h6-9,14-15,22H,3-5,10-13H2,1-2H3. The molecule has 1 unspecified atom stereocenters. The van der Waals surface area contributed by atoms with E-state index in [-0.39, 0.29) is 0 Å². The van der Waals surface area contributed by atoms with Crippen molar-refractivity contribution >= 4 is 23.4 Å². The predicted molar refractivity (Wildman–Crippen MR) is 119 cm³/mol. The van der Waals surface area contributed by atoms with Crippen LogP contribution in [-0.4, -0.2) is 55.5 Å². The van der Waals surface area contributed by atoms with E-state index in [9.17, 15) is 9.59 Å². The number of carbonyl (C=O) groups is 2. The third-order valence-corrected chi connectivity index (χ3v) is 6.40. The van der Waals surface area contributed by atoms with E-state index in [2.05, 4.69) is 0 Å². The van der Waals surface area contributed by atoms with Gasteiger partial charge in [0.05, 0.1) is 20.3 Å². The van der Waals surface area contributed by atoms with Gasteiger partial charge in [0.2, 0.25) is 0 Å². The molecular formula is C24H27ClN2O4. The molecule has 2 heterocycles. The second kappa shape index (κ2) is 9.18. The topological polar surface area (TPSA) is 59.1 Å². The van der Waals surface area contributed by atoms with E-state index in [1.807, 2.05) is 24.3 Å². The lowest BCUT2D eigenvalue weighted by atomic mass is 9.87. The van der Waals surface area contributed by atoms with Gasteiger partial charge in [0.1, 0.15) is 0 Å². The molecule has 4 rings (SSSR count). The van der Waals surface area contributed by atoms with Crippen LogP contribution in [0.2, 0.25) is 5.02 Å². The van der Waals surface area contributed by atoms with E-state index in [4.69, 9.17) is 21.1 Å². The maximum atomic E-state index is 13.4. The van der Waals surface area contributed by atoms with Gasteiger partial charge in [-0.3, -0.25) is 9.59 Å². The van der Waals surface area contributed by atoms with Crippen LogP contribution in [0.5, 0.6) is 11.5 Å². The highest BCUT2D eigenvalue weighted by atomic mass is 35.5. The van der Waals surface area contributed by atoms with Crippen LogP contribution >= 0.6 is 11.6 Å². The molecule has 0 spiro atoms. The van der Waals surface area contributed by atoms with Crippen molar-refractivity contribution < 1.29 is 19.1 Å². The van der Waals surface area contributed by atoms with E-state index in [1.54, 1.807) is 36.2 Å². The van der Waals surface area contributed by atoms with Gasteiger partial charge in [0.25, 0.3) is 0 Å². The summed E-state index contributed by atoms with van der Waals surface area (Å²) in [7, 11) is 3.20. The number of carbonyl (C=O) groups excluding carboxylic acids is 2. The zero-order chi connectivity index (χ0) is 22.0. The SMILES string of the molecule is COc1cc2c(cc1OC)C(c1ccc(Cl)cc1)N(C(=O)C(=O)N1CCCCC1)CC2. The number of hydrogen-bond acceptors (Lipinski definition) is 4. The van der Waals surface area contributed by atoms with Crippen LogP contribution in [0.4, 0.5) is 0 Å².